The predicted octanol–water partition coefficient (Wildman–Crippen LogP) is -1.76. The fourth-order valence-corrected chi connectivity index (χ4v) is 4.69. The molecule has 1 amide bonds. The summed E-state index contributed by atoms with van der Waals surface area (Å²) in [6, 6.07) is 14.9. The third-order valence-corrected chi connectivity index (χ3v) is 6.81. The number of hydrogen-bond donors (Lipinski definition) is 4. The molecular weight excluding hydrogens is 555 g/mol. The maximum Gasteiger partial charge on any atom is 1.00 e. The molecule has 0 unspecified atom stereocenters. The zero-order chi connectivity index (χ0) is 27.6. The molecule has 40 heavy (non-hydrogen) atoms. The molecule has 4 atom stereocenters. The molecule has 5 rings (SSSR count). The van der Waals surface area contributed by atoms with E-state index in [0.717, 1.165) is 5.56 Å². The number of phenolic OH excluding ortho intramolecular Hbond substituents is 1. The van der Waals surface area contributed by atoms with E-state index in [1.54, 1.807) is 0 Å². The fraction of sp³-hybridized carbons (Fsp3) is 0.250. The first kappa shape index (κ1) is 29.8. The van der Waals surface area contributed by atoms with Crippen molar-refractivity contribution in [1.29, 1.82) is 0 Å². The molecule has 1 aliphatic rings. The van der Waals surface area contributed by atoms with Gasteiger partial charge in [0.2, 0.25) is 10.3 Å². The molecule has 2 aromatic carbocycles. The third kappa shape index (κ3) is 6.42. The molecule has 16 heteroatoms. The monoisotopic (exact) mass is 578 g/mol. The molecule has 204 valence electrons. The number of nitrogens with zero attached hydrogens (tertiary/aromatic N) is 5. The summed E-state index contributed by atoms with van der Waals surface area (Å²) in [4.78, 5) is 24.9. The molecule has 4 aromatic rings. The molecule has 0 radical (unpaired) electrons. The van der Waals surface area contributed by atoms with Gasteiger partial charge in [0.25, 0.3) is 0 Å². The minimum absolute atomic E-state index is 0. The zero-order valence-electron chi connectivity index (χ0n) is 21.1. The molecule has 0 spiro atoms. The Bertz CT molecular complexity index is 1590. The number of fused-ring (bicyclic) bond motifs is 1. The van der Waals surface area contributed by atoms with Crippen LogP contribution in [0.4, 0.5) is 5.82 Å². The number of aromatic hydroxyl groups is 1. The molecule has 14 nitrogen and oxygen atoms in total. The Balaban J connectivity index is 0.00000370. The van der Waals surface area contributed by atoms with Gasteiger partial charge in [-0.15, -0.1) is 0 Å². The number of hydrogen-bond acceptors (Lipinski definition) is 12. The minimum atomic E-state index is -4.77. The molecule has 1 saturated heterocycles. The Labute approximate surface area is 250 Å². The summed E-state index contributed by atoms with van der Waals surface area (Å²) in [6.07, 6.45) is -2.86. The van der Waals surface area contributed by atoms with Gasteiger partial charge in [-0.1, -0.05) is 42.5 Å². The SMILES string of the molecule is O=C([N-]S(=O)(=O)OC[C@H]1O[C@@H](n2cnc3c(NCc4ccccc4)ncnc32)[C@H](O)[C@@H]1O)c1ccccc1O.[Na+]. The smallest absolute Gasteiger partial charge is 0.518 e. The van der Waals surface area contributed by atoms with Crippen molar-refractivity contribution in [3.8, 4) is 5.75 Å². The third-order valence-electron chi connectivity index (χ3n) is 5.98. The zero-order valence-corrected chi connectivity index (χ0v) is 23.9. The van der Waals surface area contributed by atoms with Gasteiger partial charge in [-0.25, -0.2) is 23.4 Å². The van der Waals surface area contributed by atoms with E-state index in [2.05, 4.69) is 25.0 Å². The van der Waals surface area contributed by atoms with Gasteiger partial charge in [0.15, 0.2) is 23.2 Å². The van der Waals surface area contributed by atoms with Gasteiger partial charge < -0.3 is 34.9 Å². The number of rotatable bonds is 9. The van der Waals surface area contributed by atoms with Gasteiger partial charge in [0, 0.05) is 12.1 Å². The number of carbonyl (C=O) groups is 1. The van der Waals surface area contributed by atoms with E-state index >= 15 is 0 Å². The minimum Gasteiger partial charge on any atom is -0.518 e. The van der Waals surface area contributed by atoms with Crippen LogP contribution in [0, 0.1) is 0 Å². The van der Waals surface area contributed by atoms with Crippen LogP contribution in [0.1, 0.15) is 22.1 Å². The van der Waals surface area contributed by atoms with Crippen LogP contribution in [0.2, 0.25) is 0 Å². The number of amides is 1. The molecule has 1 fully saturated rings. The van der Waals surface area contributed by atoms with Crippen molar-refractivity contribution in [3.63, 3.8) is 0 Å². The van der Waals surface area contributed by atoms with Gasteiger partial charge in [0.1, 0.15) is 30.4 Å². The van der Waals surface area contributed by atoms with Crippen LogP contribution >= 0.6 is 0 Å². The molecular formula is C24H23N6NaO8S. The van der Waals surface area contributed by atoms with E-state index < -0.39 is 53.1 Å². The topological polar surface area (TPSA) is 200 Å². The van der Waals surface area contributed by atoms with Crippen LogP contribution in [-0.2, 0) is 25.8 Å². The predicted molar refractivity (Wildman–Crippen MR) is 136 cm³/mol. The van der Waals surface area contributed by atoms with Crippen molar-refractivity contribution in [2.24, 2.45) is 0 Å². The number of aromatic nitrogens is 4. The first-order valence-corrected chi connectivity index (χ1v) is 13.0. The Morgan fingerprint density at radius 2 is 1.77 bits per heavy atom. The number of carbonyl (C=O) groups excluding carboxylic acids is 1. The van der Waals surface area contributed by atoms with Gasteiger partial charge in [0.05, 0.1) is 18.8 Å². The van der Waals surface area contributed by atoms with Crippen molar-refractivity contribution in [2.45, 2.75) is 31.1 Å². The van der Waals surface area contributed by atoms with Gasteiger partial charge >= 0.3 is 29.6 Å². The first-order chi connectivity index (χ1) is 18.7. The number of phenols is 1. The van der Waals surface area contributed by atoms with Crippen LogP contribution in [0.5, 0.6) is 5.75 Å². The van der Waals surface area contributed by atoms with Gasteiger partial charge in [-0.3, -0.25) is 8.75 Å². The quantitative estimate of drug-likeness (QED) is 0.163. The summed E-state index contributed by atoms with van der Waals surface area (Å²) < 4.78 is 39.3. The summed E-state index contributed by atoms with van der Waals surface area (Å²) in [6.45, 7) is -0.271. The van der Waals surface area contributed by atoms with Gasteiger partial charge in [-0.05, 0) is 17.7 Å². The van der Waals surface area contributed by atoms with Crippen LogP contribution in [-0.4, -0.2) is 74.1 Å². The van der Waals surface area contributed by atoms with Crippen LogP contribution in [0.3, 0.4) is 0 Å². The number of aliphatic hydroxyl groups excluding tert-OH is 2. The van der Waals surface area contributed by atoms with Crippen molar-refractivity contribution in [1.82, 2.24) is 19.5 Å². The summed E-state index contributed by atoms with van der Waals surface area (Å²) in [5, 5.41) is 34.0. The van der Waals surface area contributed by atoms with Gasteiger partial charge in [-0.2, -0.15) is 0 Å². The van der Waals surface area contributed by atoms with Crippen molar-refractivity contribution >= 4 is 33.2 Å². The molecule has 4 N–H and O–H groups in total. The standard InChI is InChI=1S/C24H24N6O8S.Na/c31-16-9-5-4-8-15(16)23(34)29-39(35,36)37-11-17-19(32)20(33)24(38-17)30-13-28-18-21(26-12-27-22(18)30)25-10-14-6-2-1-3-7-14;/h1-9,12-13,17,19-20,24,32-33H,10-11H2,(H3,25,26,27,29,31,34);/q;+1/p-1/t17-,19-,20-,24-;/m1./s1. The summed E-state index contributed by atoms with van der Waals surface area (Å²) in [7, 11) is -4.77. The molecule has 1 aliphatic heterocycles. The largest absolute Gasteiger partial charge is 1.00 e. The number of nitrogens with one attached hydrogen (secondary N) is 1. The maximum absolute atomic E-state index is 12.2. The number of benzene rings is 2. The number of anilines is 1. The number of aliphatic hydroxyl groups is 2. The number of imidazole rings is 1. The van der Waals surface area contributed by atoms with Crippen molar-refractivity contribution in [2.75, 3.05) is 11.9 Å². The maximum atomic E-state index is 12.2. The first-order valence-electron chi connectivity index (χ1n) is 11.6. The average Bonchev–Trinajstić information content (AvgIpc) is 3.48. The molecule has 0 saturated carbocycles. The molecule has 2 aromatic heterocycles. The van der Waals surface area contributed by atoms with Crippen LogP contribution in [0.25, 0.3) is 15.9 Å². The molecule has 3 heterocycles. The average molecular weight is 579 g/mol. The van der Waals surface area contributed by atoms with E-state index in [9.17, 15) is 28.5 Å². The second-order valence-electron chi connectivity index (χ2n) is 8.56. The van der Waals surface area contributed by atoms with Crippen LogP contribution in [0.15, 0.2) is 67.3 Å². The van der Waals surface area contributed by atoms with Crippen LogP contribution < -0.4 is 34.9 Å². The summed E-state index contributed by atoms with van der Waals surface area (Å²) in [5.41, 5.74) is 1.38. The normalized spacial score (nSPS) is 20.6. The summed E-state index contributed by atoms with van der Waals surface area (Å²) in [5.74, 6) is -1.24. The van der Waals surface area contributed by atoms with Crippen molar-refractivity contribution < 1.29 is 67.0 Å². The van der Waals surface area contributed by atoms with E-state index in [0.29, 0.717) is 23.5 Å². The van der Waals surface area contributed by atoms with E-state index in [4.69, 9.17) is 8.92 Å². The second kappa shape index (κ2) is 12.6. The Morgan fingerprint density at radius 3 is 2.52 bits per heavy atom. The molecule has 0 aliphatic carbocycles. The Hall–Kier alpha value is -3.15. The van der Waals surface area contributed by atoms with E-state index in [1.165, 1.54) is 41.5 Å². The van der Waals surface area contributed by atoms with Crippen molar-refractivity contribution in [3.05, 3.63) is 83.1 Å². The second-order valence-corrected chi connectivity index (χ2v) is 9.83. The Morgan fingerprint density at radius 1 is 1.05 bits per heavy atom. The Kier molecular flexibility index (Phi) is 9.37. The van der Waals surface area contributed by atoms with E-state index in [-0.39, 0.29) is 35.1 Å². The molecule has 0 bridgehead atoms. The summed E-state index contributed by atoms with van der Waals surface area (Å²) >= 11 is 0. The number of para-hydroxylation sites is 1. The fourth-order valence-electron chi connectivity index (χ4n) is 4.03. The van der Waals surface area contributed by atoms with E-state index in [1.807, 2.05) is 30.3 Å². The number of ether oxygens (including phenoxy) is 1.